The quantitative estimate of drug-likeness (QED) is 0.764. The number of carbonyl (C=O) groups is 2. The van der Waals surface area contributed by atoms with Crippen LogP contribution in [0, 0.1) is 20.8 Å². The van der Waals surface area contributed by atoms with Gasteiger partial charge in [0.1, 0.15) is 6.54 Å². The fraction of sp³-hybridized carbons (Fsp3) is 0.364. The summed E-state index contributed by atoms with van der Waals surface area (Å²) < 4.78 is 25.8. The number of hydrogen-bond donors (Lipinski definition) is 1. The predicted octanol–water partition coefficient (Wildman–Crippen LogP) is 3.14. The van der Waals surface area contributed by atoms with E-state index >= 15 is 0 Å². The molecule has 30 heavy (non-hydrogen) atoms. The van der Waals surface area contributed by atoms with Gasteiger partial charge in [-0.15, -0.1) is 0 Å². The van der Waals surface area contributed by atoms with E-state index < -0.39 is 15.9 Å². The van der Waals surface area contributed by atoms with Gasteiger partial charge in [0, 0.05) is 24.3 Å². The smallest absolute Gasteiger partial charge is 0.245 e. The number of anilines is 3. The predicted molar refractivity (Wildman–Crippen MR) is 120 cm³/mol. The van der Waals surface area contributed by atoms with Crippen LogP contribution < -0.4 is 14.5 Å². The summed E-state index contributed by atoms with van der Waals surface area (Å²) in [6.07, 6.45) is 2.48. The molecular weight excluding hydrogens is 402 g/mol. The van der Waals surface area contributed by atoms with Crippen molar-refractivity contribution >= 4 is 38.9 Å². The number of amides is 2. The molecule has 0 unspecified atom stereocenters. The number of nitrogens with one attached hydrogen (secondary N) is 1. The first-order chi connectivity index (χ1) is 14.0. The Morgan fingerprint density at radius 2 is 1.77 bits per heavy atom. The van der Waals surface area contributed by atoms with Crippen LogP contribution in [0.15, 0.2) is 36.4 Å². The van der Waals surface area contributed by atoms with Crippen molar-refractivity contribution < 1.29 is 18.0 Å². The molecule has 1 aliphatic rings. The molecule has 160 valence electrons. The summed E-state index contributed by atoms with van der Waals surface area (Å²) in [6.45, 7) is 6.02. The maximum absolute atomic E-state index is 12.6. The zero-order valence-electron chi connectivity index (χ0n) is 17.7. The van der Waals surface area contributed by atoms with Gasteiger partial charge in [0.05, 0.1) is 11.9 Å². The molecule has 1 heterocycles. The molecule has 0 spiro atoms. The Kier molecular flexibility index (Phi) is 6.17. The summed E-state index contributed by atoms with van der Waals surface area (Å²) in [5.41, 5.74) is 4.57. The first-order valence-corrected chi connectivity index (χ1v) is 11.7. The molecule has 8 heteroatoms. The number of aryl methyl sites for hydroxylation is 3. The van der Waals surface area contributed by atoms with E-state index in [0.717, 1.165) is 39.4 Å². The van der Waals surface area contributed by atoms with Crippen molar-refractivity contribution in [2.24, 2.45) is 0 Å². The molecule has 1 N–H and O–H groups in total. The highest BCUT2D eigenvalue weighted by atomic mass is 32.2. The van der Waals surface area contributed by atoms with Gasteiger partial charge in [-0.25, -0.2) is 8.42 Å². The van der Waals surface area contributed by atoms with Crippen LogP contribution in [0.3, 0.4) is 0 Å². The van der Waals surface area contributed by atoms with Gasteiger partial charge in [0.15, 0.2) is 0 Å². The van der Waals surface area contributed by atoms with E-state index in [2.05, 4.69) is 5.32 Å². The van der Waals surface area contributed by atoms with Crippen LogP contribution in [0.5, 0.6) is 0 Å². The highest BCUT2D eigenvalue weighted by Gasteiger charge is 2.24. The molecule has 7 nitrogen and oxygen atoms in total. The van der Waals surface area contributed by atoms with Crippen LogP contribution in [-0.4, -0.2) is 39.6 Å². The van der Waals surface area contributed by atoms with E-state index in [9.17, 15) is 18.0 Å². The van der Waals surface area contributed by atoms with Crippen LogP contribution in [0.25, 0.3) is 0 Å². The zero-order valence-corrected chi connectivity index (χ0v) is 18.5. The van der Waals surface area contributed by atoms with Crippen molar-refractivity contribution in [2.45, 2.75) is 33.6 Å². The van der Waals surface area contributed by atoms with Gasteiger partial charge in [-0.3, -0.25) is 13.9 Å². The minimum Gasteiger partial charge on any atom is -0.325 e. The number of carbonyl (C=O) groups excluding carboxylic acids is 2. The fourth-order valence-corrected chi connectivity index (χ4v) is 4.60. The molecule has 1 aliphatic heterocycles. The second kappa shape index (κ2) is 8.47. The molecule has 0 atom stereocenters. The summed E-state index contributed by atoms with van der Waals surface area (Å²) in [4.78, 5) is 26.4. The van der Waals surface area contributed by atoms with Crippen molar-refractivity contribution in [3.8, 4) is 0 Å². The van der Waals surface area contributed by atoms with E-state index in [0.29, 0.717) is 24.3 Å². The lowest BCUT2D eigenvalue weighted by atomic mass is 10.1. The first kappa shape index (κ1) is 21.8. The standard InChI is InChI=1S/C22H27N3O4S/c1-15-10-16(2)12-19(11-15)25(30(4,28)29)14-21(26)23-18-7-8-20(17(3)13-18)24-9-5-6-22(24)27/h7-8,10-13H,5-6,9,14H2,1-4H3,(H,23,26). The third-order valence-corrected chi connectivity index (χ3v) is 6.17. The molecule has 0 bridgehead atoms. The van der Waals surface area contributed by atoms with E-state index in [1.54, 1.807) is 29.2 Å². The Morgan fingerprint density at radius 3 is 2.30 bits per heavy atom. The number of benzene rings is 2. The molecule has 0 aliphatic carbocycles. The minimum atomic E-state index is -3.64. The lowest BCUT2D eigenvalue weighted by molar-refractivity contribution is -0.117. The highest BCUT2D eigenvalue weighted by molar-refractivity contribution is 7.92. The molecule has 1 saturated heterocycles. The lowest BCUT2D eigenvalue weighted by Gasteiger charge is -2.23. The average molecular weight is 430 g/mol. The van der Waals surface area contributed by atoms with Crippen LogP contribution in [0.1, 0.15) is 29.5 Å². The second-order valence-corrected chi connectivity index (χ2v) is 9.72. The monoisotopic (exact) mass is 429 g/mol. The summed E-state index contributed by atoms with van der Waals surface area (Å²) in [7, 11) is -3.64. The summed E-state index contributed by atoms with van der Waals surface area (Å²) >= 11 is 0. The molecule has 0 aromatic heterocycles. The number of hydrogen-bond acceptors (Lipinski definition) is 4. The van der Waals surface area contributed by atoms with Gasteiger partial charge >= 0.3 is 0 Å². The van der Waals surface area contributed by atoms with E-state index in [1.165, 1.54) is 0 Å². The number of nitrogens with zero attached hydrogens (tertiary/aromatic N) is 2. The van der Waals surface area contributed by atoms with E-state index in [4.69, 9.17) is 0 Å². The summed E-state index contributed by atoms with van der Waals surface area (Å²) in [5.74, 6) is -0.337. The van der Waals surface area contributed by atoms with Gasteiger partial charge in [-0.1, -0.05) is 6.07 Å². The number of sulfonamides is 1. The number of rotatable bonds is 6. The Hall–Kier alpha value is -2.87. The van der Waals surface area contributed by atoms with E-state index in [1.807, 2.05) is 32.9 Å². The summed E-state index contributed by atoms with van der Waals surface area (Å²) in [5, 5.41) is 2.76. The SMILES string of the molecule is Cc1cc(C)cc(N(CC(=O)Nc2ccc(N3CCCC3=O)c(C)c2)S(C)(=O)=O)c1. The molecule has 1 fully saturated rings. The molecule has 2 aromatic carbocycles. The fourth-order valence-electron chi connectivity index (χ4n) is 3.76. The maximum atomic E-state index is 12.6. The Morgan fingerprint density at radius 1 is 1.10 bits per heavy atom. The maximum Gasteiger partial charge on any atom is 0.245 e. The Balaban J connectivity index is 1.77. The largest absolute Gasteiger partial charge is 0.325 e. The van der Waals surface area contributed by atoms with Crippen LogP contribution in [0.2, 0.25) is 0 Å². The van der Waals surface area contributed by atoms with Crippen molar-refractivity contribution in [3.63, 3.8) is 0 Å². The highest BCUT2D eigenvalue weighted by Crippen LogP contribution is 2.27. The molecule has 2 amide bonds. The zero-order chi connectivity index (χ0) is 22.1. The normalized spacial score (nSPS) is 14.1. The Labute approximate surface area is 177 Å². The molecule has 0 radical (unpaired) electrons. The van der Waals surface area contributed by atoms with Crippen molar-refractivity contribution in [3.05, 3.63) is 53.1 Å². The van der Waals surface area contributed by atoms with Crippen molar-refractivity contribution in [2.75, 3.05) is 33.9 Å². The third kappa shape index (κ3) is 4.99. The van der Waals surface area contributed by atoms with Gasteiger partial charge in [-0.05, 0) is 74.2 Å². The van der Waals surface area contributed by atoms with Gasteiger partial charge in [-0.2, -0.15) is 0 Å². The third-order valence-electron chi connectivity index (χ3n) is 5.03. The van der Waals surface area contributed by atoms with Crippen LogP contribution >= 0.6 is 0 Å². The summed E-state index contributed by atoms with van der Waals surface area (Å²) in [6, 6.07) is 10.8. The molecule has 2 aromatic rings. The Bertz CT molecular complexity index is 1080. The van der Waals surface area contributed by atoms with Gasteiger partial charge in [0.2, 0.25) is 21.8 Å². The molecule has 0 saturated carbocycles. The van der Waals surface area contributed by atoms with Crippen LogP contribution in [-0.2, 0) is 19.6 Å². The average Bonchev–Trinajstić information content (AvgIpc) is 3.04. The molecular formula is C22H27N3O4S. The lowest BCUT2D eigenvalue weighted by Crippen LogP contribution is -2.37. The van der Waals surface area contributed by atoms with Crippen LogP contribution in [0.4, 0.5) is 17.1 Å². The second-order valence-electron chi connectivity index (χ2n) is 7.81. The van der Waals surface area contributed by atoms with E-state index in [-0.39, 0.29) is 12.5 Å². The minimum absolute atomic E-state index is 0.104. The van der Waals surface area contributed by atoms with Crippen molar-refractivity contribution in [1.29, 1.82) is 0 Å². The van der Waals surface area contributed by atoms with Gasteiger partial charge < -0.3 is 10.2 Å². The first-order valence-electron chi connectivity index (χ1n) is 9.81. The van der Waals surface area contributed by atoms with Crippen molar-refractivity contribution in [1.82, 2.24) is 0 Å². The van der Waals surface area contributed by atoms with Gasteiger partial charge in [0.25, 0.3) is 0 Å². The molecule has 3 rings (SSSR count). The topological polar surface area (TPSA) is 86.8 Å².